The molecule has 0 aromatic heterocycles. The van der Waals surface area contributed by atoms with Crippen molar-refractivity contribution < 1.29 is 67.8 Å². The number of nitrogens with zero attached hydrogens (tertiary/aromatic N) is 2. The van der Waals surface area contributed by atoms with Gasteiger partial charge in [-0.25, -0.2) is 0 Å². The van der Waals surface area contributed by atoms with Gasteiger partial charge >= 0.3 is 0 Å². The summed E-state index contributed by atoms with van der Waals surface area (Å²) >= 11 is 0. The maximum atomic E-state index is 13.4. The van der Waals surface area contributed by atoms with E-state index in [4.69, 9.17) is 25.7 Å². The number of nitrogens with one attached hydrogen (secondary N) is 9. The van der Waals surface area contributed by atoms with Gasteiger partial charge in [-0.3, -0.25) is 53.8 Å². The Balaban J connectivity index is 5.00. The number of carbonyl (C=O) groups excluding carboxylic acids is 9. The van der Waals surface area contributed by atoms with E-state index in [1.54, 1.807) is 13.8 Å². The van der Waals surface area contributed by atoms with Crippen LogP contribution >= 0.6 is 0 Å². The number of amides is 7. The van der Waals surface area contributed by atoms with Crippen molar-refractivity contribution in [3.05, 3.63) is 0 Å². The number of rotatable bonds is 48. The Kier molecular flexibility index (Phi) is 38.3. The van der Waals surface area contributed by atoms with Gasteiger partial charge in [-0.15, -0.1) is 0 Å². The number of unbranched alkanes of at least 4 members (excludes halogenated alkanes) is 3. The second kappa shape index (κ2) is 41.4. The van der Waals surface area contributed by atoms with Crippen LogP contribution in [0.4, 0.5) is 0 Å². The van der Waals surface area contributed by atoms with Crippen LogP contribution in [0.1, 0.15) is 132 Å². The molecular formula is C50H93N13O14. The molecule has 0 heterocycles. The number of oxime groups is 2. The lowest BCUT2D eigenvalue weighted by Crippen LogP contribution is -2.57. The number of Topliss-reactive ketones (excluding diaryl/α,β-unsaturated/α-hetero) is 2. The molecule has 15 N–H and O–H groups in total. The van der Waals surface area contributed by atoms with Crippen LogP contribution in [0.15, 0.2) is 10.3 Å². The maximum Gasteiger partial charge on any atom is 0.245 e. The largest absolute Gasteiger partial charge is 0.411 e. The van der Waals surface area contributed by atoms with Crippen LogP contribution < -0.4 is 59.3 Å². The van der Waals surface area contributed by atoms with Crippen LogP contribution in [0.2, 0.25) is 0 Å². The number of primary amides is 2. The number of hydrogen-bond acceptors (Lipinski definition) is 20. The Labute approximate surface area is 453 Å². The Morgan fingerprint density at radius 1 is 0.494 bits per heavy atom. The van der Waals surface area contributed by atoms with E-state index in [-0.39, 0.29) is 134 Å². The molecule has 0 aliphatic carbocycles. The second-order valence-corrected chi connectivity index (χ2v) is 19.9. The molecule has 0 spiro atoms. The first-order valence-electron chi connectivity index (χ1n) is 26.4. The van der Waals surface area contributed by atoms with Gasteiger partial charge in [-0.05, 0) is 120 Å². The first kappa shape index (κ1) is 71.3. The zero-order chi connectivity index (χ0) is 58.2. The van der Waals surface area contributed by atoms with Gasteiger partial charge in [0.05, 0.1) is 80.1 Å². The number of hydrogen-bond donors (Lipinski definition) is 13. The summed E-state index contributed by atoms with van der Waals surface area (Å²) < 4.78 is 16.1. The predicted molar refractivity (Wildman–Crippen MR) is 288 cm³/mol. The van der Waals surface area contributed by atoms with E-state index in [9.17, 15) is 53.6 Å². The van der Waals surface area contributed by atoms with Gasteiger partial charge in [0.25, 0.3) is 0 Å². The van der Waals surface area contributed by atoms with E-state index in [1.807, 2.05) is 27.7 Å². The molecule has 0 unspecified atom stereocenters. The third kappa shape index (κ3) is 36.9. The quantitative estimate of drug-likeness (QED) is 0.0143. The summed E-state index contributed by atoms with van der Waals surface area (Å²) in [6, 6.07) is -2.70. The maximum absolute atomic E-state index is 13.4. The second-order valence-electron chi connectivity index (χ2n) is 19.9. The summed E-state index contributed by atoms with van der Waals surface area (Å²) in [6.07, 6.45) is 4.31. The lowest BCUT2D eigenvalue weighted by molar-refractivity contribution is -0.129. The molecule has 0 aromatic rings. The molecule has 77 heavy (non-hydrogen) atoms. The zero-order valence-electron chi connectivity index (χ0n) is 46.8. The van der Waals surface area contributed by atoms with Gasteiger partial charge in [0.1, 0.15) is 30.8 Å². The molecule has 27 nitrogen and oxygen atoms in total. The van der Waals surface area contributed by atoms with Crippen molar-refractivity contribution in [2.75, 3.05) is 85.5 Å². The lowest BCUT2D eigenvalue weighted by atomic mass is 9.98. The minimum atomic E-state index is -0.923. The van der Waals surface area contributed by atoms with E-state index in [0.29, 0.717) is 69.3 Å². The summed E-state index contributed by atoms with van der Waals surface area (Å²) in [5, 5.41) is 51.6. The molecule has 0 saturated carbocycles. The lowest BCUT2D eigenvalue weighted by Gasteiger charge is -2.32. The first-order valence-corrected chi connectivity index (χ1v) is 26.4. The number of carbonyl (C=O) groups is 9. The highest BCUT2D eigenvalue weighted by atomic mass is 16.5. The molecule has 0 aromatic carbocycles. The Hall–Kier alpha value is -5.71. The smallest absolute Gasteiger partial charge is 0.245 e. The minimum absolute atomic E-state index is 0.000168. The van der Waals surface area contributed by atoms with Gasteiger partial charge in [0.2, 0.25) is 41.4 Å². The van der Waals surface area contributed by atoms with Crippen LogP contribution in [-0.2, 0) is 57.4 Å². The standard InChI is InChI=1S/C50H93N13O14/c1-34(64)28-56-39(46(51)70)16-9-12-21-53-44(68)32-76-26-24-75-25-27-77-33-45(69)54-22-13-11-18-41(48(72)55-23-14-10-17-40(47(52)71)57-29-35(2)65)61-43(67)20-15-19-42(66)60-38(30-58-49(5,6)36(3)62-73)31-59-50(7,8)37(4)63-74/h38-41,56-59,73-74H,9-33H2,1-8H3,(H2,51,70)(H2,52,71)(H,53,68)(H,54,69)(H,55,72)(H,60,66)(H,61,67)/b62-36-,63-37-/t39-,40-,41-/m0/s1. The van der Waals surface area contributed by atoms with Crippen LogP contribution in [0, 0.1) is 0 Å². The molecule has 27 heteroatoms. The average Bonchev–Trinajstić information content (AvgIpc) is 3.36. The summed E-state index contributed by atoms with van der Waals surface area (Å²) in [6.45, 7) is 15.3. The molecule has 7 amide bonds. The highest BCUT2D eigenvalue weighted by Crippen LogP contribution is 2.09. The summed E-state index contributed by atoms with van der Waals surface area (Å²) in [5.74, 6) is -3.23. The van der Waals surface area contributed by atoms with Crippen molar-refractivity contribution in [2.45, 2.75) is 168 Å². The molecule has 0 rings (SSSR count). The SMILES string of the molecule is CC(=O)CN[C@@H](CCCCNC(=O)COCCOCCOCC(=O)NCCCC[C@H](NC(=O)CCCC(=O)NC(CNC(C)(C)/C(C)=N\O)CNC(C)(C)/C(C)=N\O)C(=O)NCCCC[C@H](NCC(C)=O)C(N)=O)C(N)=O. The van der Waals surface area contributed by atoms with Crippen LogP contribution in [0.5, 0.6) is 0 Å². The van der Waals surface area contributed by atoms with Crippen molar-refractivity contribution in [3.8, 4) is 0 Å². The molecular weight excluding hydrogens is 1010 g/mol. The van der Waals surface area contributed by atoms with E-state index < -0.39 is 58.9 Å². The van der Waals surface area contributed by atoms with Gasteiger partial charge in [-0.2, -0.15) is 0 Å². The number of ether oxygens (including phenoxy) is 3. The average molecular weight is 1100 g/mol. The Bertz CT molecular complexity index is 1850. The van der Waals surface area contributed by atoms with Gasteiger partial charge in [-0.1, -0.05) is 10.3 Å². The Morgan fingerprint density at radius 3 is 1.26 bits per heavy atom. The van der Waals surface area contributed by atoms with E-state index >= 15 is 0 Å². The molecule has 0 radical (unpaired) electrons. The topological polar surface area (TPSA) is 407 Å². The van der Waals surface area contributed by atoms with Crippen molar-refractivity contribution >= 4 is 64.3 Å². The van der Waals surface area contributed by atoms with Crippen molar-refractivity contribution in [3.63, 3.8) is 0 Å². The highest BCUT2D eigenvalue weighted by molar-refractivity contribution is 5.91. The summed E-state index contributed by atoms with van der Waals surface area (Å²) in [4.78, 5) is 110. The third-order valence-corrected chi connectivity index (χ3v) is 12.3. The molecule has 0 bridgehead atoms. The highest BCUT2D eigenvalue weighted by Gasteiger charge is 2.28. The van der Waals surface area contributed by atoms with Crippen LogP contribution in [0.25, 0.3) is 0 Å². The summed E-state index contributed by atoms with van der Waals surface area (Å²) in [5.41, 5.74) is 10.3. The van der Waals surface area contributed by atoms with Crippen LogP contribution in [-0.4, -0.2) is 195 Å². The number of ketones is 2. The summed E-state index contributed by atoms with van der Waals surface area (Å²) in [7, 11) is 0. The van der Waals surface area contributed by atoms with Crippen LogP contribution in [0.3, 0.4) is 0 Å². The van der Waals surface area contributed by atoms with Gasteiger partial charge < -0.3 is 73.3 Å². The molecule has 0 aliphatic rings. The predicted octanol–water partition coefficient (Wildman–Crippen LogP) is -1.46. The molecule has 0 saturated heterocycles. The van der Waals surface area contributed by atoms with Gasteiger partial charge in [0, 0.05) is 45.6 Å². The van der Waals surface area contributed by atoms with Crippen molar-refractivity contribution in [1.29, 1.82) is 0 Å². The van der Waals surface area contributed by atoms with Crippen molar-refractivity contribution in [1.82, 2.24) is 47.9 Å². The van der Waals surface area contributed by atoms with Crippen molar-refractivity contribution in [2.24, 2.45) is 21.8 Å². The molecule has 0 aliphatic heterocycles. The normalized spacial score (nSPS) is 13.3. The third-order valence-electron chi connectivity index (χ3n) is 12.3. The molecule has 3 atom stereocenters. The minimum Gasteiger partial charge on any atom is -0.411 e. The molecule has 0 fully saturated rings. The van der Waals surface area contributed by atoms with E-state index in [2.05, 4.69) is 58.2 Å². The van der Waals surface area contributed by atoms with E-state index in [1.165, 1.54) is 13.8 Å². The number of nitrogens with two attached hydrogens (primary N) is 2. The monoisotopic (exact) mass is 1100 g/mol. The van der Waals surface area contributed by atoms with E-state index in [0.717, 1.165) is 0 Å². The fraction of sp³-hybridized carbons (Fsp3) is 0.780. The first-order chi connectivity index (χ1) is 36.3. The van der Waals surface area contributed by atoms with Gasteiger partial charge in [0.15, 0.2) is 0 Å². The fourth-order valence-corrected chi connectivity index (χ4v) is 6.89. The zero-order valence-corrected chi connectivity index (χ0v) is 46.8. The Morgan fingerprint density at radius 2 is 0.870 bits per heavy atom. The molecule has 442 valence electrons. The fourth-order valence-electron chi connectivity index (χ4n) is 6.89.